The van der Waals surface area contributed by atoms with E-state index in [9.17, 15) is 4.79 Å². The van der Waals surface area contributed by atoms with Crippen molar-refractivity contribution in [3.05, 3.63) is 71.4 Å². The summed E-state index contributed by atoms with van der Waals surface area (Å²) in [5.74, 6) is 1.10. The fourth-order valence-electron chi connectivity index (χ4n) is 2.08. The molecule has 2 aromatic carbocycles. The second-order valence-corrected chi connectivity index (χ2v) is 6.61. The lowest BCUT2D eigenvalue weighted by Crippen LogP contribution is -2.25. The number of carbonyl (C=O) groups is 1. The van der Waals surface area contributed by atoms with Gasteiger partial charge in [0.2, 0.25) is 0 Å². The SMILES string of the molecule is O=C(NCCSc1ccc(Cl)cc1)c1cc(-c2ccccc2)on1. The maximum absolute atomic E-state index is 12.1. The first-order chi connectivity index (χ1) is 11.7. The number of halogens is 1. The molecule has 0 atom stereocenters. The van der Waals surface area contributed by atoms with Gasteiger partial charge in [-0.2, -0.15) is 0 Å². The van der Waals surface area contributed by atoms with Gasteiger partial charge in [0.1, 0.15) is 0 Å². The molecule has 1 N–H and O–H groups in total. The van der Waals surface area contributed by atoms with Crippen LogP contribution in [0.4, 0.5) is 0 Å². The van der Waals surface area contributed by atoms with E-state index in [-0.39, 0.29) is 11.6 Å². The van der Waals surface area contributed by atoms with Crippen LogP contribution in [0.25, 0.3) is 11.3 Å². The van der Waals surface area contributed by atoms with E-state index in [1.54, 1.807) is 17.8 Å². The highest BCUT2D eigenvalue weighted by Gasteiger charge is 2.13. The van der Waals surface area contributed by atoms with Crippen molar-refractivity contribution in [2.24, 2.45) is 0 Å². The fourth-order valence-corrected chi connectivity index (χ4v) is 2.97. The number of aromatic nitrogens is 1. The van der Waals surface area contributed by atoms with E-state index in [0.29, 0.717) is 17.3 Å². The van der Waals surface area contributed by atoms with Crippen molar-refractivity contribution in [3.63, 3.8) is 0 Å². The van der Waals surface area contributed by atoms with Crippen LogP contribution in [0, 0.1) is 0 Å². The zero-order valence-corrected chi connectivity index (χ0v) is 14.3. The van der Waals surface area contributed by atoms with Crippen molar-refractivity contribution in [2.45, 2.75) is 4.90 Å². The highest BCUT2D eigenvalue weighted by molar-refractivity contribution is 7.99. The molecule has 3 aromatic rings. The second-order valence-electron chi connectivity index (χ2n) is 5.00. The average Bonchev–Trinajstić information content (AvgIpc) is 3.11. The first-order valence-corrected chi connectivity index (χ1v) is 8.77. The summed E-state index contributed by atoms with van der Waals surface area (Å²) in [6.45, 7) is 0.541. The normalized spacial score (nSPS) is 10.5. The van der Waals surface area contributed by atoms with Crippen LogP contribution in [0.1, 0.15) is 10.5 Å². The summed E-state index contributed by atoms with van der Waals surface area (Å²) in [5.41, 5.74) is 1.17. The Kier molecular flexibility index (Phi) is 5.56. The van der Waals surface area contributed by atoms with Gasteiger partial charge in [-0.25, -0.2) is 0 Å². The predicted octanol–water partition coefficient (Wildman–Crippen LogP) is 4.52. The Hall–Kier alpha value is -2.24. The molecule has 0 aliphatic carbocycles. The molecule has 4 nitrogen and oxygen atoms in total. The number of nitrogens with zero attached hydrogens (tertiary/aromatic N) is 1. The van der Waals surface area contributed by atoms with Gasteiger partial charge in [0.25, 0.3) is 5.91 Å². The van der Waals surface area contributed by atoms with Crippen LogP contribution < -0.4 is 5.32 Å². The Morgan fingerprint density at radius 1 is 1.12 bits per heavy atom. The van der Waals surface area contributed by atoms with Crippen molar-refractivity contribution < 1.29 is 9.32 Å². The van der Waals surface area contributed by atoms with Crippen molar-refractivity contribution in [1.82, 2.24) is 10.5 Å². The number of carbonyl (C=O) groups excluding carboxylic acids is 1. The van der Waals surface area contributed by atoms with Crippen LogP contribution >= 0.6 is 23.4 Å². The molecule has 0 aliphatic rings. The smallest absolute Gasteiger partial charge is 0.273 e. The first kappa shape index (κ1) is 16.6. The number of hydrogen-bond acceptors (Lipinski definition) is 4. The number of thioether (sulfide) groups is 1. The molecule has 3 rings (SSSR count). The highest BCUT2D eigenvalue weighted by Crippen LogP contribution is 2.21. The number of amides is 1. The Labute approximate surface area is 149 Å². The molecule has 0 bridgehead atoms. The van der Waals surface area contributed by atoms with E-state index < -0.39 is 0 Å². The van der Waals surface area contributed by atoms with Crippen LogP contribution in [0.2, 0.25) is 5.02 Å². The minimum atomic E-state index is -0.238. The zero-order valence-electron chi connectivity index (χ0n) is 12.7. The van der Waals surface area contributed by atoms with Gasteiger partial charge in [-0.05, 0) is 24.3 Å². The van der Waals surface area contributed by atoms with Crippen LogP contribution in [-0.4, -0.2) is 23.4 Å². The second kappa shape index (κ2) is 8.04. The average molecular weight is 359 g/mol. The van der Waals surface area contributed by atoms with Crippen molar-refractivity contribution in [2.75, 3.05) is 12.3 Å². The van der Waals surface area contributed by atoms with Gasteiger partial charge in [-0.1, -0.05) is 47.1 Å². The summed E-state index contributed by atoms with van der Waals surface area (Å²) in [6, 6.07) is 18.8. The molecule has 0 saturated heterocycles. The third-order valence-corrected chi connectivity index (χ3v) is 4.54. The molecule has 0 saturated carbocycles. The molecule has 0 spiro atoms. The van der Waals surface area contributed by atoms with Crippen LogP contribution in [0.5, 0.6) is 0 Å². The zero-order chi connectivity index (χ0) is 16.8. The molecule has 0 radical (unpaired) electrons. The maximum atomic E-state index is 12.1. The van der Waals surface area contributed by atoms with E-state index in [0.717, 1.165) is 16.2 Å². The molecular formula is C18H15ClN2O2S. The van der Waals surface area contributed by atoms with E-state index in [2.05, 4.69) is 10.5 Å². The van der Waals surface area contributed by atoms with Gasteiger partial charge >= 0.3 is 0 Å². The summed E-state index contributed by atoms with van der Waals surface area (Å²) >= 11 is 7.50. The summed E-state index contributed by atoms with van der Waals surface area (Å²) in [5, 5.41) is 7.38. The van der Waals surface area contributed by atoms with Crippen molar-refractivity contribution in [3.8, 4) is 11.3 Å². The Bertz CT molecular complexity index is 803. The maximum Gasteiger partial charge on any atom is 0.273 e. The molecule has 1 aromatic heterocycles. The molecule has 122 valence electrons. The number of hydrogen-bond donors (Lipinski definition) is 1. The Morgan fingerprint density at radius 2 is 1.88 bits per heavy atom. The molecule has 1 amide bonds. The lowest BCUT2D eigenvalue weighted by atomic mass is 10.1. The van der Waals surface area contributed by atoms with Gasteiger partial charge in [-0.3, -0.25) is 4.79 Å². The number of benzene rings is 2. The molecule has 0 unspecified atom stereocenters. The standard InChI is InChI=1S/C18H15ClN2O2S/c19-14-6-8-15(9-7-14)24-11-10-20-18(22)16-12-17(23-21-16)13-4-2-1-3-5-13/h1-9,12H,10-11H2,(H,20,22). The van der Waals surface area contributed by atoms with Crippen molar-refractivity contribution in [1.29, 1.82) is 0 Å². The van der Waals surface area contributed by atoms with E-state index in [1.807, 2.05) is 54.6 Å². The monoisotopic (exact) mass is 358 g/mol. The van der Waals surface area contributed by atoms with Gasteiger partial charge < -0.3 is 9.84 Å². The molecule has 1 heterocycles. The molecule has 24 heavy (non-hydrogen) atoms. The van der Waals surface area contributed by atoms with Crippen molar-refractivity contribution >= 4 is 29.3 Å². The largest absolute Gasteiger partial charge is 0.355 e. The van der Waals surface area contributed by atoms with E-state index in [4.69, 9.17) is 16.1 Å². The van der Waals surface area contributed by atoms with Crippen LogP contribution in [0.15, 0.2) is 70.1 Å². The van der Waals surface area contributed by atoms with E-state index in [1.165, 1.54) is 0 Å². The minimum absolute atomic E-state index is 0.238. The molecule has 0 fully saturated rings. The third kappa shape index (κ3) is 4.40. The highest BCUT2D eigenvalue weighted by atomic mass is 35.5. The predicted molar refractivity (Wildman–Crippen MR) is 96.4 cm³/mol. The fraction of sp³-hybridized carbons (Fsp3) is 0.111. The minimum Gasteiger partial charge on any atom is -0.355 e. The van der Waals surface area contributed by atoms with E-state index >= 15 is 0 Å². The quantitative estimate of drug-likeness (QED) is 0.520. The Morgan fingerprint density at radius 3 is 2.62 bits per heavy atom. The molecule has 6 heteroatoms. The molecular weight excluding hydrogens is 344 g/mol. The van der Waals surface area contributed by atoms with Crippen LogP contribution in [0.3, 0.4) is 0 Å². The van der Waals surface area contributed by atoms with Gasteiger partial charge in [0.15, 0.2) is 11.5 Å². The lowest BCUT2D eigenvalue weighted by molar-refractivity contribution is 0.0947. The third-order valence-electron chi connectivity index (χ3n) is 3.27. The number of rotatable bonds is 6. The van der Waals surface area contributed by atoms with Gasteiger partial charge in [0, 0.05) is 33.8 Å². The summed E-state index contributed by atoms with van der Waals surface area (Å²) in [4.78, 5) is 13.2. The Balaban J connectivity index is 1.49. The summed E-state index contributed by atoms with van der Waals surface area (Å²) < 4.78 is 5.23. The topological polar surface area (TPSA) is 55.1 Å². The first-order valence-electron chi connectivity index (χ1n) is 7.41. The number of nitrogens with one attached hydrogen (secondary N) is 1. The molecule has 0 aliphatic heterocycles. The van der Waals surface area contributed by atoms with Gasteiger partial charge in [-0.15, -0.1) is 11.8 Å². The van der Waals surface area contributed by atoms with Gasteiger partial charge in [0.05, 0.1) is 0 Å². The van der Waals surface area contributed by atoms with Crippen LogP contribution in [-0.2, 0) is 0 Å². The summed E-state index contributed by atoms with van der Waals surface area (Å²) in [7, 11) is 0. The summed E-state index contributed by atoms with van der Waals surface area (Å²) in [6.07, 6.45) is 0. The lowest BCUT2D eigenvalue weighted by Gasteiger charge is -2.03.